The summed E-state index contributed by atoms with van der Waals surface area (Å²) in [6, 6.07) is 0.195. The lowest BCUT2D eigenvalue weighted by molar-refractivity contribution is 0.236. The average Bonchev–Trinajstić information content (AvgIpc) is 2.18. The lowest BCUT2D eigenvalue weighted by atomic mass is 9.87. The maximum Gasteiger partial charge on any atom is 0.314 e. The minimum Gasteiger partial charge on any atom is -0.338 e. The van der Waals surface area contributed by atoms with Gasteiger partial charge in [-0.15, -0.1) is 0 Å². The van der Waals surface area contributed by atoms with Crippen molar-refractivity contribution < 1.29 is 4.79 Å². The van der Waals surface area contributed by atoms with Gasteiger partial charge in [-0.3, -0.25) is 0 Å². The Balaban J connectivity index is 2.02. The third-order valence-corrected chi connectivity index (χ3v) is 2.98. The van der Waals surface area contributed by atoms with Crippen LogP contribution in [-0.2, 0) is 0 Å². The highest BCUT2D eigenvalue weighted by Gasteiger charge is 2.13. The molecular formula is C12H24N2O. The van der Waals surface area contributed by atoms with Crippen molar-refractivity contribution in [2.75, 3.05) is 6.54 Å². The highest BCUT2D eigenvalue weighted by Crippen LogP contribution is 2.25. The summed E-state index contributed by atoms with van der Waals surface area (Å²) in [5.74, 6) is 0.845. The topological polar surface area (TPSA) is 41.1 Å². The molecule has 1 fully saturated rings. The van der Waals surface area contributed by atoms with Crippen LogP contribution in [0.4, 0.5) is 4.79 Å². The Bertz CT molecular complexity index is 186. The molecule has 0 aromatic heterocycles. The molecule has 0 atom stereocenters. The first-order valence-corrected chi connectivity index (χ1v) is 6.23. The van der Waals surface area contributed by atoms with Crippen molar-refractivity contribution in [2.45, 2.75) is 58.4 Å². The molecule has 0 bridgehead atoms. The molecule has 0 radical (unpaired) electrons. The van der Waals surface area contributed by atoms with Crippen LogP contribution in [0.2, 0.25) is 0 Å². The maximum absolute atomic E-state index is 11.3. The van der Waals surface area contributed by atoms with Crippen molar-refractivity contribution in [3.05, 3.63) is 0 Å². The highest BCUT2D eigenvalue weighted by atomic mass is 16.2. The summed E-state index contributed by atoms with van der Waals surface area (Å²) in [6.07, 6.45) is 8.01. The van der Waals surface area contributed by atoms with Crippen LogP contribution in [0.3, 0.4) is 0 Å². The third-order valence-electron chi connectivity index (χ3n) is 2.98. The van der Waals surface area contributed by atoms with Gasteiger partial charge in [-0.1, -0.05) is 32.1 Å². The number of amides is 2. The number of rotatable bonds is 4. The van der Waals surface area contributed by atoms with Gasteiger partial charge in [0.05, 0.1) is 0 Å². The molecule has 0 aliphatic heterocycles. The molecule has 1 aliphatic carbocycles. The van der Waals surface area contributed by atoms with Gasteiger partial charge in [0.25, 0.3) is 0 Å². The van der Waals surface area contributed by atoms with Crippen LogP contribution in [0.1, 0.15) is 52.4 Å². The predicted molar refractivity (Wildman–Crippen MR) is 62.9 cm³/mol. The van der Waals surface area contributed by atoms with E-state index >= 15 is 0 Å². The molecule has 1 saturated carbocycles. The number of carbonyl (C=O) groups is 1. The molecule has 15 heavy (non-hydrogen) atoms. The summed E-state index contributed by atoms with van der Waals surface area (Å²) in [6.45, 7) is 4.77. The van der Waals surface area contributed by atoms with E-state index in [0.717, 1.165) is 18.9 Å². The Kier molecular flexibility index (Phi) is 5.51. The normalized spacial score (nSPS) is 17.8. The van der Waals surface area contributed by atoms with Crippen LogP contribution in [0, 0.1) is 5.92 Å². The molecule has 3 nitrogen and oxygen atoms in total. The first-order valence-electron chi connectivity index (χ1n) is 6.23. The predicted octanol–water partition coefficient (Wildman–Crippen LogP) is 2.66. The van der Waals surface area contributed by atoms with Crippen LogP contribution < -0.4 is 10.6 Å². The lowest BCUT2D eigenvalue weighted by Crippen LogP contribution is -2.40. The minimum atomic E-state index is -0.0270. The van der Waals surface area contributed by atoms with Crippen molar-refractivity contribution in [3.63, 3.8) is 0 Å². The molecular weight excluding hydrogens is 188 g/mol. The van der Waals surface area contributed by atoms with E-state index in [1.807, 2.05) is 13.8 Å². The van der Waals surface area contributed by atoms with Gasteiger partial charge < -0.3 is 10.6 Å². The first-order chi connectivity index (χ1) is 7.18. The Morgan fingerprint density at radius 2 is 1.93 bits per heavy atom. The summed E-state index contributed by atoms with van der Waals surface area (Å²) in [7, 11) is 0. The molecule has 0 heterocycles. The van der Waals surface area contributed by atoms with Crippen molar-refractivity contribution >= 4 is 6.03 Å². The molecule has 88 valence electrons. The Morgan fingerprint density at radius 1 is 1.27 bits per heavy atom. The summed E-state index contributed by atoms with van der Waals surface area (Å²) < 4.78 is 0. The van der Waals surface area contributed by atoms with Gasteiger partial charge in [0.15, 0.2) is 0 Å². The fraction of sp³-hybridized carbons (Fsp3) is 0.917. The SMILES string of the molecule is CC(C)NC(=O)NCCC1CCCCC1. The number of hydrogen-bond donors (Lipinski definition) is 2. The van der Waals surface area contributed by atoms with Crippen molar-refractivity contribution in [2.24, 2.45) is 5.92 Å². The molecule has 0 spiro atoms. The first kappa shape index (κ1) is 12.3. The molecule has 2 N–H and O–H groups in total. The summed E-state index contributed by atoms with van der Waals surface area (Å²) in [5.41, 5.74) is 0. The van der Waals surface area contributed by atoms with Crippen LogP contribution in [0.25, 0.3) is 0 Å². The van der Waals surface area contributed by atoms with Crippen molar-refractivity contribution in [1.82, 2.24) is 10.6 Å². The van der Waals surface area contributed by atoms with Crippen molar-refractivity contribution in [3.8, 4) is 0 Å². The second kappa shape index (κ2) is 6.70. The van der Waals surface area contributed by atoms with Gasteiger partial charge in [0, 0.05) is 12.6 Å². The molecule has 1 aliphatic rings. The van der Waals surface area contributed by atoms with Crippen LogP contribution in [0.15, 0.2) is 0 Å². The Labute approximate surface area is 93.0 Å². The molecule has 3 heteroatoms. The summed E-state index contributed by atoms with van der Waals surface area (Å²) in [4.78, 5) is 11.3. The second-order valence-electron chi connectivity index (χ2n) is 4.85. The number of urea groups is 1. The van der Waals surface area contributed by atoms with E-state index in [1.165, 1.54) is 32.1 Å². The fourth-order valence-electron chi connectivity index (χ4n) is 2.18. The van der Waals surface area contributed by atoms with E-state index in [1.54, 1.807) is 0 Å². The van der Waals surface area contributed by atoms with Gasteiger partial charge in [-0.05, 0) is 26.2 Å². The second-order valence-corrected chi connectivity index (χ2v) is 4.85. The van der Waals surface area contributed by atoms with Crippen LogP contribution >= 0.6 is 0 Å². The highest BCUT2D eigenvalue weighted by molar-refractivity contribution is 5.73. The monoisotopic (exact) mass is 212 g/mol. The molecule has 1 rings (SSSR count). The summed E-state index contributed by atoms with van der Waals surface area (Å²) in [5, 5.41) is 5.74. The minimum absolute atomic E-state index is 0.0270. The maximum atomic E-state index is 11.3. The number of hydrogen-bond acceptors (Lipinski definition) is 1. The van der Waals surface area contributed by atoms with Gasteiger partial charge in [-0.25, -0.2) is 4.79 Å². The van der Waals surface area contributed by atoms with E-state index in [0.29, 0.717) is 0 Å². The average molecular weight is 212 g/mol. The fourth-order valence-corrected chi connectivity index (χ4v) is 2.18. The Hall–Kier alpha value is -0.730. The molecule has 0 saturated heterocycles. The van der Waals surface area contributed by atoms with E-state index in [-0.39, 0.29) is 12.1 Å². The van der Waals surface area contributed by atoms with Crippen LogP contribution in [-0.4, -0.2) is 18.6 Å². The van der Waals surface area contributed by atoms with E-state index < -0.39 is 0 Å². The number of carbonyl (C=O) groups excluding carboxylic acids is 1. The van der Waals surface area contributed by atoms with E-state index in [9.17, 15) is 4.79 Å². The summed E-state index contributed by atoms with van der Waals surface area (Å²) >= 11 is 0. The van der Waals surface area contributed by atoms with Gasteiger partial charge >= 0.3 is 6.03 Å². The third kappa shape index (κ3) is 5.65. The smallest absolute Gasteiger partial charge is 0.314 e. The Morgan fingerprint density at radius 3 is 2.53 bits per heavy atom. The largest absolute Gasteiger partial charge is 0.338 e. The quantitative estimate of drug-likeness (QED) is 0.739. The molecule has 0 aromatic carbocycles. The van der Waals surface area contributed by atoms with E-state index in [2.05, 4.69) is 10.6 Å². The zero-order valence-corrected chi connectivity index (χ0v) is 10.0. The van der Waals surface area contributed by atoms with Crippen molar-refractivity contribution in [1.29, 1.82) is 0 Å². The lowest BCUT2D eigenvalue weighted by Gasteiger charge is -2.21. The van der Waals surface area contributed by atoms with Gasteiger partial charge in [-0.2, -0.15) is 0 Å². The number of nitrogens with one attached hydrogen (secondary N) is 2. The zero-order chi connectivity index (χ0) is 11.1. The standard InChI is InChI=1S/C12H24N2O/c1-10(2)14-12(15)13-9-8-11-6-4-3-5-7-11/h10-11H,3-9H2,1-2H3,(H2,13,14,15). The van der Waals surface area contributed by atoms with Crippen LogP contribution in [0.5, 0.6) is 0 Å². The molecule has 0 unspecified atom stereocenters. The van der Waals surface area contributed by atoms with E-state index in [4.69, 9.17) is 0 Å². The molecule has 2 amide bonds. The van der Waals surface area contributed by atoms with Gasteiger partial charge in [0.2, 0.25) is 0 Å². The molecule has 0 aromatic rings. The zero-order valence-electron chi connectivity index (χ0n) is 10.0. The van der Waals surface area contributed by atoms with Gasteiger partial charge in [0.1, 0.15) is 0 Å².